The van der Waals surface area contributed by atoms with Crippen molar-refractivity contribution in [1.29, 1.82) is 0 Å². The second-order valence-corrected chi connectivity index (χ2v) is 2.73. The third-order valence-corrected chi connectivity index (χ3v) is 2.02. The van der Waals surface area contributed by atoms with Crippen LogP contribution in [0.2, 0.25) is 0 Å². The quantitative estimate of drug-likeness (QED) is 0.686. The maximum Gasteiger partial charge on any atom is 0.116 e. The molecule has 0 aliphatic rings. The summed E-state index contributed by atoms with van der Waals surface area (Å²) in [5.41, 5.74) is 2.34. The van der Waals surface area contributed by atoms with Gasteiger partial charge < -0.3 is 0 Å². The van der Waals surface area contributed by atoms with E-state index in [9.17, 15) is 0 Å². The molecule has 0 spiro atoms. The third kappa shape index (κ3) is 2.08. The fourth-order valence-corrected chi connectivity index (χ4v) is 1.37. The first kappa shape index (κ1) is 10.6. The number of fused-ring (bicyclic) bond motifs is 1. The molecular formula is C12H16N2. The van der Waals surface area contributed by atoms with Crippen LogP contribution in [0.4, 0.5) is 0 Å². The van der Waals surface area contributed by atoms with Crippen molar-refractivity contribution in [3.05, 3.63) is 36.3 Å². The topological polar surface area (TPSA) is 25.8 Å². The van der Waals surface area contributed by atoms with Gasteiger partial charge in [-0.05, 0) is 18.1 Å². The lowest BCUT2D eigenvalue weighted by molar-refractivity contribution is 1.14. The first-order valence-corrected chi connectivity index (χ1v) is 5.09. The van der Waals surface area contributed by atoms with Crippen LogP contribution in [0.5, 0.6) is 0 Å². The summed E-state index contributed by atoms with van der Waals surface area (Å²) < 4.78 is 0. The van der Waals surface area contributed by atoms with E-state index in [1.54, 1.807) is 6.33 Å². The van der Waals surface area contributed by atoms with Crippen molar-refractivity contribution in [1.82, 2.24) is 9.97 Å². The van der Waals surface area contributed by atoms with Gasteiger partial charge in [-0.25, -0.2) is 9.97 Å². The first-order chi connectivity index (χ1) is 6.92. The average Bonchev–Trinajstić information content (AvgIpc) is 2.31. The monoisotopic (exact) mass is 188 g/mol. The van der Waals surface area contributed by atoms with Crippen LogP contribution in [0.3, 0.4) is 0 Å². The second-order valence-electron chi connectivity index (χ2n) is 2.73. The minimum absolute atomic E-state index is 1.03. The van der Waals surface area contributed by atoms with E-state index in [1.807, 2.05) is 32.2 Å². The van der Waals surface area contributed by atoms with Crippen LogP contribution >= 0.6 is 0 Å². The molecule has 0 bridgehead atoms. The Bertz CT molecular complexity index is 391. The van der Waals surface area contributed by atoms with Crippen molar-refractivity contribution in [2.24, 2.45) is 0 Å². The Hall–Kier alpha value is -1.44. The summed E-state index contributed by atoms with van der Waals surface area (Å²) in [6.45, 7) is 6.14. The molecule has 0 aliphatic heterocycles. The highest BCUT2D eigenvalue weighted by Crippen LogP contribution is 2.15. The number of rotatable bonds is 1. The lowest BCUT2D eigenvalue weighted by Crippen LogP contribution is -1.86. The molecule has 0 fully saturated rings. The Kier molecular flexibility index (Phi) is 4.05. The number of aryl methyl sites for hydroxylation is 1. The minimum atomic E-state index is 1.03. The van der Waals surface area contributed by atoms with Crippen molar-refractivity contribution in [2.75, 3.05) is 0 Å². The summed E-state index contributed by atoms with van der Waals surface area (Å²) in [7, 11) is 0. The van der Waals surface area contributed by atoms with Gasteiger partial charge in [0.05, 0.1) is 5.52 Å². The standard InChI is InChI=1S/C10H10N2.C2H6/c1-2-8-4-3-5-10-9(8)6-11-7-12-10;1-2/h3-7H,2H2,1H3;1-2H3. The highest BCUT2D eigenvalue weighted by atomic mass is 14.8. The molecule has 0 unspecified atom stereocenters. The maximum absolute atomic E-state index is 4.18. The van der Waals surface area contributed by atoms with E-state index in [-0.39, 0.29) is 0 Å². The highest BCUT2D eigenvalue weighted by Gasteiger charge is 1.97. The number of benzene rings is 1. The van der Waals surface area contributed by atoms with Gasteiger partial charge in [-0.15, -0.1) is 0 Å². The van der Waals surface area contributed by atoms with Crippen molar-refractivity contribution in [2.45, 2.75) is 27.2 Å². The SMILES string of the molecule is CC.CCc1cccc2ncncc12. The number of nitrogens with zero attached hydrogens (tertiary/aromatic N) is 2. The largest absolute Gasteiger partial charge is 0.244 e. The van der Waals surface area contributed by atoms with Gasteiger partial charge in [-0.3, -0.25) is 0 Å². The van der Waals surface area contributed by atoms with Crippen LogP contribution < -0.4 is 0 Å². The second kappa shape index (κ2) is 5.32. The highest BCUT2D eigenvalue weighted by molar-refractivity contribution is 5.80. The van der Waals surface area contributed by atoms with Crippen molar-refractivity contribution in [3.8, 4) is 0 Å². The maximum atomic E-state index is 4.18. The van der Waals surface area contributed by atoms with E-state index in [2.05, 4.69) is 23.0 Å². The molecule has 14 heavy (non-hydrogen) atoms. The molecule has 0 saturated heterocycles. The van der Waals surface area contributed by atoms with E-state index in [4.69, 9.17) is 0 Å². The van der Waals surface area contributed by atoms with Gasteiger partial charge in [0.15, 0.2) is 0 Å². The molecule has 1 aromatic heterocycles. The Morgan fingerprint density at radius 2 is 2.00 bits per heavy atom. The molecule has 0 amide bonds. The third-order valence-electron chi connectivity index (χ3n) is 2.02. The van der Waals surface area contributed by atoms with Crippen LogP contribution in [-0.4, -0.2) is 9.97 Å². The molecule has 1 aromatic carbocycles. The Balaban J connectivity index is 0.000000461. The van der Waals surface area contributed by atoms with Crippen molar-refractivity contribution in [3.63, 3.8) is 0 Å². The molecule has 2 aromatic rings. The molecule has 0 radical (unpaired) electrons. The molecule has 74 valence electrons. The molecule has 2 nitrogen and oxygen atoms in total. The van der Waals surface area contributed by atoms with E-state index >= 15 is 0 Å². The van der Waals surface area contributed by atoms with Crippen LogP contribution in [-0.2, 0) is 6.42 Å². The molecule has 0 aliphatic carbocycles. The lowest BCUT2D eigenvalue weighted by atomic mass is 10.1. The lowest BCUT2D eigenvalue weighted by Gasteiger charge is -2.00. The minimum Gasteiger partial charge on any atom is -0.244 e. The molecule has 0 saturated carbocycles. The fourth-order valence-electron chi connectivity index (χ4n) is 1.37. The number of hydrogen-bond donors (Lipinski definition) is 0. The number of aromatic nitrogens is 2. The zero-order valence-corrected chi connectivity index (χ0v) is 8.99. The predicted octanol–water partition coefficient (Wildman–Crippen LogP) is 3.22. The summed E-state index contributed by atoms with van der Waals surface area (Å²) in [4.78, 5) is 8.19. The summed E-state index contributed by atoms with van der Waals surface area (Å²) in [6.07, 6.45) is 4.49. The first-order valence-electron chi connectivity index (χ1n) is 5.09. The molecule has 1 heterocycles. The fraction of sp³-hybridized carbons (Fsp3) is 0.333. The Morgan fingerprint density at radius 1 is 1.21 bits per heavy atom. The number of hydrogen-bond acceptors (Lipinski definition) is 2. The van der Waals surface area contributed by atoms with Gasteiger partial charge >= 0.3 is 0 Å². The zero-order valence-electron chi connectivity index (χ0n) is 8.99. The molecule has 0 N–H and O–H groups in total. The molecule has 2 rings (SSSR count). The van der Waals surface area contributed by atoms with E-state index in [0.29, 0.717) is 0 Å². The van der Waals surface area contributed by atoms with Gasteiger partial charge in [0.2, 0.25) is 0 Å². The molecule has 0 atom stereocenters. The van der Waals surface area contributed by atoms with Gasteiger partial charge in [0.1, 0.15) is 6.33 Å². The van der Waals surface area contributed by atoms with Gasteiger partial charge in [0, 0.05) is 11.6 Å². The van der Waals surface area contributed by atoms with Crippen LogP contribution in [0.15, 0.2) is 30.7 Å². The van der Waals surface area contributed by atoms with Crippen LogP contribution in [0, 0.1) is 0 Å². The molecule has 2 heteroatoms. The van der Waals surface area contributed by atoms with Crippen LogP contribution in [0.1, 0.15) is 26.3 Å². The summed E-state index contributed by atoms with van der Waals surface area (Å²) >= 11 is 0. The zero-order chi connectivity index (χ0) is 10.4. The average molecular weight is 188 g/mol. The predicted molar refractivity (Wildman–Crippen MR) is 60.3 cm³/mol. The van der Waals surface area contributed by atoms with Crippen LogP contribution in [0.25, 0.3) is 10.9 Å². The smallest absolute Gasteiger partial charge is 0.116 e. The summed E-state index contributed by atoms with van der Waals surface area (Å²) in [6, 6.07) is 6.16. The Morgan fingerprint density at radius 3 is 2.71 bits per heavy atom. The van der Waals surface area contributed by atoms with Gasteiger partial charge in [-0.1, -0.05) is 32.9 Å². The van der Waals surface area contributed by atoms with Crippen molar-refractivity contribution >= 4 is 10.9 Å². The van der Waals surface area contributed by atoms with E-state index in [0.717, 1.165) is 11.9 Å². The van der Waals surface area contributed by atoms with E-state index < -0.39 is 0 Å². The Labute approximate surface area is 85.0 Å². The van der Waals surface area contributed by atoms with Gasteiger partial charge in [0.25, 0.3) is 0 Å². The normalized spacial score (nSPS) is 9.36. The van der Waals surface area contributed by atoms with E-state index in [1.165, 1.54) is 10.9 Å². The van der Waals surface area contributed by atoms with Crippen molar-refractivity contribution < 1.29 is 0 Å². The molecular weight excluding hydrogens is 172 g/mol. The summed E-state index contributed by atoms with van der Waals surface area (Å²) in [5, 5.41) is 1.17. The summed E-state index contributed by atoms with van der Waals surface area (Å²) in [5.74, 6) is 0. The van der Waals surface area contributed by atoms with Gasteiger partial charge in [-0.2, -0.15) is 0 Å².